The fraction of sp³-hybridized carbons (Fsp3) is 0.136. The van der Waals surface area contributed by atoms with Crippen LogP contribution in [0, 0.1) is 6.92 Å². The Labute approximate surface area is 163 Å². The highest BCUT2D eigenvalue weighted by Crippen LogP contribution is 2.25. The van der Waals surface area contributed by atoms with Crippen LogP contribution in [0.3, 0.4) is 0 Å². The minimum Gasteiger partial charge on any atom is -0.473 e. The van der Waals surface area contributed by atoms with Crippen LogP contribution in [0.25, 0.3) is 11.3 Å². The first-order valence-corrected chi connectivity index (χ1v) is 8.97. The highest BCUT2D eigenvalue weighted by Gasteiger charge is 2.10. The monoisotopic (exact) mass is 372 g/mol. The van der Waals surface area contributed by atoms with E-state index < -0.39 is 0 Å². The number of hydrogen-bond acceptors (Lipinski definition) is 6. The number of benzene rings is 1. The molecule has 0 saturated carbocycles. The molecule has 6 nitrogen and oxygen atoms in total. The van der Waals surface area contributed by atoms with Crippen molar-refractivity contribution in [2.24, 2.45) is 0 Å². The predicted octanol–water partition coefficient (Wildman–Crippen LogP) is 4.19. The Bertz CT molecular complexity index is 1060. The molecule has 0 aliphatic heterocycles. The quantitative estimate of drug-likeness (QED) is 0.546. The summed E-state index contributed by atoms with van der Waals surface area (Å²) in [6.45, 7) is 2.48. The second kappa shape index (κ2) is 7.92. The molecule has 3 heterocycles. The molecule has 6 heteroatoms. The Hall–Kier alpha value is -3.67. The van der Waals surface area contributed by atoms with E-state index in [2.05, 4.69) is 27.3 Å². The van der Waals surface area contributed by atoms with Crippen molar-refractivity contribution in [1.29, 1.82) is 0 Å². The molecule has 0 amide bonds. The van der Waals surface area contributed by atoms with E-state index in [0.29, 0.717) is 30.5 Å². The number of ether oxygens (including phenoxy) is 1. The van der Waals surface area contributed by atoms with Gasteiger partial charge in [0.1, 0.15) is 12.4 Å². The van der Waals surface area contributed by atoms with E-state index in [1.807, 2.05) is 49.4 Å². The fourth-order valence-electron chi connectivity index (χ4n) is 2.81. The van der Waals surface area contributed by atoms with Gasteiger partial charge < -0.3 is 15.0 Å². The average molecular weight is 372 g/mol. The van der Waals surface area contributed by atoms with Gasteiger partial charge in [-0.25, -0.2) is 9.97 Å². The lowest BCUT2D eigenvalue weighted by molar-refractivity contribution is 0.294. The molecular formula is C22H20N4O2. The fourth-order valence-corrected chi connectivity index (χ4v) is 2.81. The number of rotatable bonds is 6. The van der Waals surface area contributed by atoms with Crippen molar-refractivity contribution in [3.63, 3.8) is 0 Å². The molecule has 0 saturated heterocycles. The first kappa shape index (κ1) is 17.7. The number of hydrogen-bond donors (Lipinski definition) is 1. The average Bonchev–Trinajstić information content (AvgIpc) is 3.17. The number of nitrogen functional groups attached to an aromatic ring is 1. The van der Waals surface area contributed by atoms with Crippen LogP contribution in [0.2, 0.25) is 0 Å². The van der Waals surface area contributed by atoms with Crippen LogP contribution < -0.4 is 10.5 Å². The van der Waals surface area contributed by atoms with Crippen LogP contribution >= 0.6 is 0 Å². The molecule has 4 rings (SSSR count). The largest absolute Gasteiger partial charge is 0.473 e. The van der Waals surface area contributed by atoms with Gasteiger partial charge in [-0.2, -0.15) is 0 Å². The maximum Gasteiger partial charge on any atom is 0.213 e. The Morgan fingerprint density at radius 3 is 2.57 bits per heavy atom. The van der Waals surface area contributed by atoms with Gasteiger partial charge in [0.2, 0.25) is 5.88 Å². The maximum atomic E-state index is 5.89. The molecular weight excluding hydrogens is 352 g/mol. The Balaban J connectivity index is 1.38. The first-order chi connectivity index (χ1) is 13.7. The van der Waals surface area contributed by atoms with Gasteiger partial charge in [0.25, 0.3) is 0 Å². The summed E-state index contributed by atoms with van der Waals surface area (Å²) in [4.78, 5) is 8.32. The molecule has 0 fully saturated rings. The third-order valence-electron chi connectivity index (χ3n) is 4.34. The predicted molar refractivity (Wildman–Crippen MR) is 107 cm³/mol. The van der Waals surface area contributed by atoms with Gasteiger partial charge in [0.15, 0.2) is 5.76 Å². The number of pyridine rings is 2. The Morgan fingerprint density at radius 1 is 1.00 bits per heavy atom. The Morgan fingerprint density at radius 2 is 1.82 bits per heavy atom. The molecule has 0 atom stereocenters. The lowest BCUT2D eigenvalue weighted by atomic mass is 10.1. The van der Waals surface area contributed by atoms with Crippen molar-refractivity contribution >= 4 is 5.82 Å². The van der Waals surface area contributed by atoms with Crippen LogP contribution in [0.5, 0.6) is 5.88 Å². The molecule has 0 aliphatic carbocycles. The zero-order valence-corrected chi connectivity index (χ0v) is 15.5. The summed E-state index contributed by atoms with van der Waals surface area (Å²) < 4.78 is 11.1. The maximum absolute atomic E-state index is 5.89. The van der Waals surface area contributed by atoms with E-state index in [-0.39, 0.29) is 0 Å². The van der Waals surface area contributed by atoms with Crippen molar-refractivity contribution in [2.75, 3.05) is 5.73 Å². The molecule has 0 unspecified atom stereocenters. The molecule has 4 aromatic rings. The number of nitrogens with two attached hydrogens (primary N) is 1. The van der Waals surface area contributed by atoms with Gasteiger partial charge in [-0.05, 0) is 35.7 Å². The zero-order chi connectivity index (χ0) is 19.3. The van der Waals surface area contributed by atoms with Gasteiger partial charge in [-0.1, -0.05) is 35.5 Å². The highest BCUT2D eigenvalue weighted by molar-refractivity contribution is 5.69. The van der Waals surface area contributed by atoms with E-state index in [1.54, 1.807) is 12.4 Å². The summed E-state index contributed by atoms with van der Waals surface area (Å²) in [5.74, 6) is 1.67. The molecule has 28 heavy (non-hydrogen) atoms. The summed E-state index contributed by atoms with van der Waals surface area (Å²) in [5, 5.41) is 4.14. The molecule has 140 valence electrons. The molecule has 1 aromatic carbocycles. The van der Waals surface area contributed by atoms with Gasteiger partial charge in [-0.3, -0.25) is 0 Å². The van der Waals surface area contributed by atoms with Gasteiger partial charge in [0.05, 0.1) is 11.3 Å². The van der Waals surface area contributed by atoms with Crippen molar-refractivity contribution in [1.82, 2.24) is 15.1 Å². The summed E-state index contributed by atoms with van der Waals surface area (Å²) in [6, 6.07) is 17.7. The summed E-state index contributed by atoms with van der Waals surface area (Å²) >= 11 is 0. The normalized spacial score (nSPS) is 10.8. The lowest BCUT2D eigenvalue weighted by Crippen LogP contribution is -1.97. The summed E-state index contributed by atoms with van der Waals surface area (Å²) in [7, 11) is 0. The van der Waals surface area contributed by atoms with Crippen LogP contribution in [0.15, 0.2) is 71.5 Å². The van der Waals surface area contributed by atoms with Gasteiger partial charge >= 0.3 is 0 Å². The number of anilines is 1. The molecule has 0 bridgehead atoms. The number of aryl methyl sites for hydroxylation is 1. The van der Waals surface area contributed by atoms with Crippen LogP contribution in [0.4, 0.5) is 5.82 Å². The molecule has 3 aromatic heterocycles. The molecule has 0 aliphatic rings. The summed E-state index contributed by atoms with van der Waals surface area (Å²) in [6.07, 6.45) is 4.12. The van der Waals surface area contributed by atoms with E-state index in [4.69, 9.17) is 15.0 Å². The minimum atomic E-state index is 0.428. The Kier molecular flexibility index (Phi) is 5.01. The van der Waals surface area contributed by atoms with Crippen molar-refractivity contribution in [3.8, 4) is 17.2 Å². The SMILES string of the molecule is Cc1ccc(OCc2ccc(Cc3cc(-c4cccnc4N)on3)cc2)nc1. The smallest absolute Gasteiger partial charge is 0.213 e. The third kappa shape index (κ3) is 4.17. The number of aromatic nitrogens is 3. The second-order valence-corrected chi connectivity index (χ2v) is 6.57. The summed E-state index contributed by atoms with van der Waals surface area (Å²) in [5.41, 5.74) is 10.8. The van der Waals surface area contributed by atoms with Gasteiger partial charge in [0, 0.05) is 30.9 Å². The van der Waals surface area contributed by atoms with Gasteiger partial charge in [-0.15, -0.1) is 0 Å². The van der Waals surface area contributed by atoms with Crippen molar-refractivity contribution in [3.05, 3.63) is 89.4 Å². The molecule has 0 spiro atoms. The standard InChI is InChI=1S/C22H20N4O2/c1-15-4-9-21(25-13-15)27-14-17-7-5-16(6-8-17)11-18-12-20(28-26-18)19-3-2-10-24-22(19)23/h2-10,12-13H,11,14H2,1H3,(H2,23,24). The number of nitrogens with zero attached hydrogens (tertiary/aromatic N) is 3. The third-order valence-corrected chi connectivity index (χ3v) is 4.34. The lowest BCUT2D eigenvalue weighted by Gasteiger charge is -2.06. The zero-order valence-electron chi connectivity index (χ0n) is 15.5. The second-order valence-electron chi connectivity index (χ2n) is 6.57. The van der Waals surface area contributed by atoms with Crippen molar-refractivity contribution < 1.29 is 9.26 Å². The van der Waals surface area contributed by atoms with E-state index in [1.165, 1.54) is 0 Å². The molecule has 0 radical (unpaired) electrons. The van der Waals surface area contributed by atoms with E-state index in [9.17, 15) is 0 Å². The highest BCUT2D eigenvalue weighted by atomic mass is 16.5. The van der Waals surface area contributed by atoms with Crippen molar-refractivity contribution in [2.45, 2.75) is 20.0 Å². The van der Waals surface area contributed by atoms with Crippen LogP contribution in [-0.4, -0.2) is 15.1 Å². The van der Waals surface area contributed by atoms with Crippen LogP contribution in [-0.2, 0) is 13.0 Å². The first-order valence-electron chi connectivity index (χ1n) is 8.97. The van der Waals surface area contributed by atoms with Crippen LogP contribution in [0.1, 0.15) is 22.4 Å². The van der Waals surface area contributed by atoms with E-state index in [0.717, 1.165) is 27.9 Å². The topological polar surface area (TPSA) is 87.1 Å². The minimum absolute atomic E-state index is 0.428. The van der Waals surface area contributed by atoms with E-state index >= 15 is 0 Å². The molecule has 2 N–H and O–H groups in total.